The minimum Gasteiger partial charge on any atom is -0.489 e. The van der Waals surface area contributed by atoms with E-state index in [-0.39, 0.29) is 5.84 Å². The highest BCUT2D eigenvalue weighted by molar-refractivity contribution is 6.42. The maximum Gasteiger partial charge on any atom is 0.170 e. The zero-order valence-corrected chi connectivity index (χ0v) is 11.9. The summed E-state index contributed by atoms with van der Waals surface area (Å²) in [7, 11) is 0. The van der Waals surface area contributed by atoms with Crippen LogP contribution in [0.15, 0.2) is 47.6 Å². The molecule has 0 aliphatic heterocycles. The van der Waals surface area contributed by atoms with Gasteiger partial charge in [-0.15, -0.1) is 0 Å². The van der Waals surface area contributed by atoms with Crippen molar-refractivity contribution in [1.82, 2.24) is 0 Å². The van der Waals surface area contributed by atoms with Crippen molar-refractivity contribution in [3.8, 4) is 5.75 Å². The number of nitrogens with two attached hydrogens (primary N) is 1. The van der Waals surface area contributed by atoms with E-state index in [2.05, 4.69) is 5.16 Å². The molecule has 6 heteroatoms. The van der Waals surface area contributed by atoms with Crippen molar-refractivity contribution in [2.75, 3.05) is 0 Å². The van der Waals surface area contributed by atoms with E-state index in [1.165, 1.54) is 0 Å². The van der Waals surface area contributed by atoms with Gasteiger partial charge in [0.2, 0.25) is 0 Å². The summed E-state index contributed by atoms with van der Waals surface area (Å²) in [6.45, 7) is 0.308. The molecule has 2 rings (SSSR count). The van der Waals surface area contributed by atoms with Crippen LogP contribution in [0, 0.1) is 0 Å². The van der Waals surface area contributed by atoms with Gasteiger partial charge in [-0.2, -0.15) is 0 Å². The Bertz CT molecular complexity index is 628. The summed E-state index contributed by atoms with van der Waals surface area (Å²) < 4.78 is 5.61. The minimum atomic E-state index is 0.0504. The zero-order chi connectivity index (χ0) is 14.5. The molecule has 0 saturated carbocycles. The third kappa shape index (κ3) is 3.35. The minimum absolute atomic E-state index is 0.0504. The molecular weight excluding hydrogens is 299 g/mol. The first-order valence-electron chi connectivity index (χ1n) is 5.75. The van der Waals surface area contributed by atoms with Gasteiger partial charge in [-0.25, -0.2) is 0 Å². The molecule has 2 aromatic carbocycles. The Morgan fingerprint density at radius 3 is 2.50 bits per heavy atom. The molecule has 0 aliphatic carbocycles. The average molecular weight is 311 g/mol. The molecule has 0 spiro atoms. The predicted octanol–water partition coefficient (Wildman–Crippen LogP) is 3.67. The molecule has 0 unspecified atom stereocenters. The van der Waals surface area contributed by atoms with Crippen LogP contribution in [0.5, 0.6) is 5.75 Å². The molecular formula is C14H12Cl2N2O2. The number of hydrogen-bond acceptors (Lipinski definition) is 3. The predicted molar refractivity (Wildman–Crippen MR) is 79.7 cm³/mol. The van der Waals surface area contributed by atoms with Crippen LogP contribution < -0.4 is 10.5 Å². The zero-order valence-electron chi connectivity index (χ0n) is 10.4. The van der Waals surface area contributed by atoms with E-state index >= 15 is 0 Å². The van der Waals surface area contributed by atoms with Crippen LogP contribution in [0.2, 0.25) is 10.0 Å². The van der Waals surface area contributed by atoms with E-state index in [0.717, 1.165) is 5.56 Å². The van der Waals surface area contributed by atoms with E-state index < -0.39 is 0 Å². The molecule has 104 valence electrons. The van der Waals surface area contributed by atoms with Gasteiger partial charge in [0, 0.05) is 11.1 Å². The second-order valence-electron chi connectivity index (χ2n) is 4.01. The van der Waals surface area contributed by atoms with E-state index in [1.807, 2.05) is 12.1 Å². The van der Waals surface area contributed by atoms with Crippen LogP contribution in [-0.4, -0.2) is 11.0 Å². The molecule has 0 aromatic heterocycles. The molecule has 0 aliphatic rings. The fourth-order valence-corrected chi connectivity index (χ4v) is 1.98. The Morgan fingerprint density at radius 2 is 1.85 bits per heavy atom. The molecule has 0 fully saturated rings. The Morgan fingerprint density at radius 1 is 1.15 bits per heavy atom. The largest absolute Gasteiger partial charge is 0.489 e. The topological polar surface area (TPSA) is 67.8 Å². The van der Waals surface area contributed by atoms with Crippen molar-refractivity contribution in [3.63, 3.8) is 0 Å². The summed E-state index contributed by atoms with van der Waals surface area (Å²) in [5, 5.41) is 12.5. The van der Waals surface area contributed by atoms with Gasteiger partial charge in [-0.1, -0.05) is 40.5 Å². The van der Waals surface area contributed by atoms with Gasteiger partial charge in [-0.05, 0) is 30.3 Å². The fourth-order valence-electron chi connectivity index (χ4n) is 1.60. The van der Waals surface area contributed by atoms with Crippen LogP contribution in [0.4, 0.5) is 0 Å². The van der Waals surface area contributed by atoms with Gasteiger partial charge >= 0.3 is 0 Å². The van der Waals surface area contributed by atoms with Gasteiger partial charge in [0.25, 0.3) is 0 Å². The van der Waals surface area contributed by atoms with Crippen molar-refractivity contribution < 1.29 is 9.94 Å². The summed E-state index contributed by atoms with van der Waals surface area (Å²) in [6, 6.07) is 12.2. The standard InChI is InChI=1S/C14H12Cl2N2O2/c15-12-3-1-2-10(13(12)16)8-20-11-6-4-9(5-7-11)14(17)18-19/h1-7,19H,8H2,(H2,17,18). The van der Waals surface area contributed by atoms with Crippen LogP contribution in [-0.2, 0) is 6.61 Å². The molecule has 4 nitrogen and oxygen atoms in total. The first kappa shape index (κ1) is 14.5. The van der Waals surface area contributed by atoms with Crippen LogP contribution in [0.25, 0.3) is 0 Å². The lowest BCUT2D eigenvalue weighted by molar-refractivity contribution is 0.306. The van der Waals surface area contributed by atoms with Gasteiger partial charge in [0.05, 0.1) is 10.0 Å². The summed E-state index contributed by atoms with van der Waals surface area (Å²) in [4.78, 5) is 0. The molecule has 2 aromatic rings. The third-order valence-electron chi connectivity index (χ3n) is 2.68. The van der Waals surface area contributed by atoms with Crippen LogP contribution in [0.1, 0.15) is 11.1 Å². The SMILES string of the molecule is N/C(=N/O)c1ccc(OCc2cccc(Cl)c2Cl)cc1. The lowest BCUT2D eigenvalue weighted by atomic mass is 10.2. The number of rotatable bonds is 4. The van der Waals surface area contributed by atoms with E-state index in [9.17, 15) is 0 Å². The number of ether oxygens (including phenoxy) is 1. The molecule has 0 bridgehead atoms. The van der Waals surface area contributed by atoms with Crippen molar-refractivity contribution in [2.24, 2.45) is 10.9 Å². The second kappa shape index (κ2) is 6.50. The van der Waals surface area contributed by atoms with Gasteiger partial charge in [0.1, 0.15) is 12.4 Å². The Hall–Kier alpha value is -1.91. The normalized spacial score (nSPS) is 11.4. The Balaban J connectivity index is 2.06. The van der Waals surface area contributed by atoms with E-state index in [4.69, 9.17) is 38.9 Å². The average Bonchev–Trinajstić information content (AvgIpc) is 2.48. The molecule has 0 atom stereocenters. The van der Waals surface area contributed by atoms with E-state index in [1.54, 1.807) is 30.3 Å². The molecule has 0 amide bonds. The first-order chi connectivity index (χ1) is 9.61. The van der Waals surface area contributed by atoms with Crippen molar-refractivity contribution in [3.05, 3.63) is 63.6 Å². The van der Waals surface area contributed by atoms with E-state index in [0.29, 0.717) is 28.0 Å². The first-order valence-corrected chi connectivity index (χ1v) is 6.51. The lowest BCUT2D eigenvalue weighted by Gasteiger charge is -2.09. The number of halogens is 2. The summed E-state index contributed by atoms with van der Waals surface area (Å²) in [5.41, 5.74) is 6.89. The highest BCUT2D eigenvalue weighted by atomic mass is 35.5. The van der Waals surface area contributed by atoms with Crippen molar-refractivity contribution >= 4 is 29.0 Å². The smallest absolute Gasteiger partial charge is 0.170 e. The van der Waals surface area contributed by atoms with Crippen LogP contribution in [0.3, 0.4) is 0 Å². The van der Waals surface area contributed by atoms with Crippen molar-refractivity contribution in [2.45, 2.75) is 6.61 Å². The molecule has 0 heterocycles. The Labute approximate surface area is 126 Å². The van der Waals surface area contributed by atoms with Crippen LogP contribution >= 0.6 is 23.2 Å². The molecule has 3 N–H and O–H groups in total. The third-order valence-corrected chi connectivity index (χ3v) is 3.54. The quantitative estimate of drug-likeness (QED) is 0.392. The molecule has 0 radical (unpaired) electrons. The maximum absolute atomic E-state index is 8.57. The number of amidine groups is 1. The number of oxime groups is 1. The highest BCUT2D eigenvalue weighted by Crippen LogP contribution is 2.26. The summed E-state index contributed by atoms with van der Waals surface area (Å²) in [6.07, 6.45) is 0. The van der Waals surface area contributed by atoms with Gasteiger partial charge in [0.15, 0.2) is 5.84 Å². The van der Waals surface area contributed by atoms with Gasteiger partial charge < -0.3 is 15.7 Å². The summed E-state index contributed by atoms with van der Waals surface area (Å²) >= 11 is 12.0. The summed E-state index contributed by atoms with van der Waals surface area (Å²) in [5.74, 6) is 0.699. The highest BCUT2D eigenvalue weighted by Gasteiger charge is 2.05. The number of benzene rings is 2. The fraction of sp³-hybridized carbons (Fsp3) is 0.0714. The molecule has 20 heavy (non-hydrogen) atoms. The van der Waals surface area contributed by atoms with Crippen molar-refractivity contribution in [1.29, 1.82) is 0 Å². The van der Waals surface area contributed by atoms with Gasteiger partial charge in [-0.3, -0.25) is 0 Å². The monoisotopic (exact) mass is 310 g/mol. The number of nitrogens with zero attached hydrogens (tertiary/aromatic N) is 1. The Kier molecular flexibility index (Phi) is 4.71. The second-order valence-corrected chi connectivity index (χ2v) is 4.80. The maximum atomic E-state index is 8.57. The lowest BCUT2D eigenvalue weighted by Crippen LogP contribution is -2.12. The molecule has 0 saturated heterocycles. The number of hydrogen-bond donors (Lipinski definition) is 2.